The van der Waals surface area contributed by atoms with Gasteiger partial charge in [-0.15, -0.1) is 0 Å². The van der Waals surface area contributed by atoms with Crippen LogP contribution >= 0.6 is 11.8 Å². The molecule has 0 fully saturated rings. The van der Waals surface area contributed by atoms with Crippen LogP contribution < -0.4 is 5.73 Å². The molecule has 12 heavy (non-hydrogen) atoms. The second-order valence-electron chi connectivity index (χ2n) is 2.62. The number of thioether (sulfide) groups is 1. The third-order valence-corrected chi connectivity index (χ3v) is 2.89. The van der Waals surface area contributed by atoms with E-state index in [1.807, 2.05) is 11.8 Å². The van der Waals surface area contributed by atoms with Crippen LogP contribution in [0, 0.1) is 0 Å². The standard InChI is InChI=1S/C8H19NO2S/c1-7(4-5-9)12-6-8(10-2)11-3/h7-8H,4-6,9H2,1-3H3. The molecular formula is C8H19NO2S. The van der Waals surface area contributed by atoms with Gasteiger partial charge in [-0.2, -0.15) is 11.8 Å². The molecule has 0 heterocycles. The predicted octanol–water partition coefficient (Wildman–Crippen LogP) is 1.08. The molecule has 0 saturated heterocycles. The Morgan fingerprint density at radius 2 is 1.92 bits per heavy atom. The molecule has 0 spiro atoms. The van der Waals surface area contributed by atoms with Gasteiger partial charge in [0.2, 0.25) is 0 Å². The van der Waals surface area contributed by atoms with Gasteiger partial charge >= 0.3 is 0 Å². The fraction of sp³-hybridized carbons (Fsp3) is 1.00. The Morgan fingerprint density at radius 3 is 2.33 bits per heavy atom. The van der Waals surface area contributed by atoms with Gasteiger partial charge in [0.05, 0.1) is 0 Å². The SMILES string of the molecule is COC(CSC(C)CCN)OC. The molecule has 0 aliphatic carbocycles. The van der Waals surface area contributed by atoms with Gasteiger partial charge in [-0.3, -0.25) is 0 Å². The summed E-state index contributed by atoms with van der Waals surface area (Å²) in [6, 6.07) is 0. The fourth-order valence-electron chi connectivity index (χ4n) is 0.793. The Labute approximate surface area is 79.0 Å². The average Bonchev–Trinajstić information content (AvgIpc) is 2.07. The van der Waals surface area contributed by atoms with E-state index in [4.69, 9.17) is 15.2 Å². The second kappa shape index (κ2) is 7.86. The fourth-order valence-corrected chi connectivity index (χ4v) is 1.85. The van der Waals surface area contributed by atoms with Gasteiger partial charge in [-0.05, 0) is 13.0 Å². The highest BCUT2D eigenvalue weighted by Gasteiger charge is 2.08. The van der Waals surface area contributed by atoms with Crippen LogP contribution in [0.4, 0.5) is 0 Å². The first-order chi connectivity index (χ1) is 5.74. The van der Waals surface area contributed by atoms with Gasteiger partial charge in [-0.25, -0.2) is 0 Å². The largest absolute Gasteiger partial charge is 0.355 e. The molecule has 0 aromatic carbocycles. The zero-order valence-electron chi connectivity index (χ0n) is 8.08. The van der Waals surface area contributed by atoms with Crippen molar-refractivity contribution < 1.29 is 9.47 Å². The summed E-state index contributed by atoms with van der Waals surface area (Å²) in [6.45, 7) is 2.92. The Morgan fingerprint density at radius 1 is 1.33 bits per heavy atom. The number of hydrogen-bond donors (Lipinski definition) is 1. The second-order valence-corrected chi connectivity index (χ2v) is 4.09. The van der Waals surface area contributed by atoms with Gasteiger partial charge in [-0.1, -0.05) is 6.92 Å². The van der Waals surface area contributed by atoms with E-state index in [0.717, 1.165) is 18.7 Å². The Kier molecular flexibility index (Phi) is 8.01. The average molecular weight is 193 g/mol. The first-order valence-electron chi connectivity index (χ1n) is 4.11. The zero-order chi connectivity index (χ0) is 9.40. The van der Waals surface area contributed by atoms with Crippen molar-refractivity contribution in [3.05, 3.63) is 0 Å². The van der Waals surface area contributed by atoms with Crippen molar-refractivity contribution in [2.75, 3.05) is 26.5 Å². The van der Waals surface area contributed by atoms with Gasteiger partial charge < -0.3 is 15.2 Å². The van der Waals surface area contributed by atoms with E-state index < -0.39 is 0 Å². The van der Waals surface area contributed by atoms with Gasteiger partial charge in [0, 0.05) is 25.2 Å². The smallest absolute Gasteiger partial charge is 0.165 e. The molecule has 3 nitrogen and oxygen atoms in total. The van der Waals surface area contributed by atoms with Crippen molar-refractivity contribution in [2.45, 2.75) is 24.9 Å². The maximum Gasteiger partial charge on any atom is 0.165 e. The van der Waals surface area contributed by atoms with Crippen LogP contribution in [0.2, 0.25) is 0 Å². The van der Waals surface area contributed by atoms with Crippen LogP contribution in [0.15, 0.2) is 0 Å². The lowest BCUT2D eigenvalue weighted by atomic mass is 10.3. The van der Waals surface area contributed by atoms with Crippen LogP contribution in [0.25, 0.3) is 0 Å². The summed E-state index contributed by atoms with van der Waals surface area (Å²) in [4.78, 5) is 0. The topological polar surface area (TPSA) is 44.5 Å². The summed E-state index contributed by atoms with van der Waals surface area (Å²) in [7, 11) is 3.31. The number of nitrogens with two attached hydrogens (primary N) is 1. The minimum absolute atomic E-state index is 0.0878. The molecule has 4 heteroatoms. The van der Waals surface area contributed by atoms with E-state index in [9.17, 15) is 0 Å². The third-order valence-electron chi connectivity index (χ3n) is 1.62. The summed E-state index contributed by atoms with van der Waals surface area (Å²) in [5.41, 5.74) is 5.42. The van der Waals surface area contributed by atoms with Gasteiger partial charge in [0.15, 0.2) is 6.29 Å². The molecule has 1 atom stereocenters. The van der Waals surface area contributed by atoms with E-state index >= 15 is 0 Å². The maximum absolute atomic E-state index is 5.42. The highest BCUT2D eigenvalue weighted by Crippen LogP contribution is 2.15. The summed E-state index contributed by atoms with van der Waals surface area (Å²) in [5.74, 6) is 0.869. The first kappa shape index (κ1) is 12.2. The van der Waals surface area contributed by atoms with Crippen LogP contribution in [0.5, 0.6) is 0 Å². The summed E-state index contributed by atoms with van der Waals surface area (Å²) in [5, 5.41) is 0.586. The van der Waals surface area contributed by atoms with Crippen molar-refractivity contribution in [3.63, 3.8) is 0 Å². The molecule has 2 N–H and O–H groups in total. The van der Waals surface area contributed by atoms with Crippen LogP contribution in [-0.2, 0) is 9.47 Å². The molecule has 0 aromatic heterocycles. The van der Waals surface area contributed by atoms with E-state index in [0.29, 0.717) is 5.25 Å². The molecule has 0 aliphatic heterocycles. The van der Waals surface area contributed by atoms with Crippen molar-refractivity contribution in [2.24, 2.45) is 5.73 Å². The molecule has 74 valence electrons. The quantitative estimate of drug-likeness (QED) is 0.614. The van der Waals surface area contributed by atoms with Gasteiger partial charge in [0.1, 0.15) is 0 Å². The Hall–Kier alpha value is 0.230. The molecule has 0 radical (unpaired) electrons. The van der Waals surface area contributed by atoms with Crippen molar-refractivity contribution in [3.8, 4) is 0 Å². The molecule has 0 aliphatic rings. The van der Waals surface area contributed by atoms with Gasteiger partial charge in [0.25, 0.3) is 0 Å². The van der Waals surface area contributed by atoms with Crippen LogP contribution in [-0.4, -0.2) is 38.1 Å². The zero-order valence-corrected chi connectivity index (χ0v) is 8.89. The number of ether oxygens (including phenoxy) is 2. The van der Waals surface area contributed by atoms with Crippen LogP contribution in [0.3, 0.4) is 0 Å². The summed E-state index contributed by atoms with van der Waals surface area (Å²) >= 11 is 1.83. The van der Waals surface area contributed by atoms with Crippen molar-refractivity contribution >= 4 is 11.8 Å². The predicted molar refractivity (Wildman–Crippen MR) is 53.4 cm³/mol. The lowest BCUT2D eigenvalue weighted by Gasteiger charge is -2.15. The minimum atomic E-state index is -0.0878. The van der Waals surface area contributed by atoms with E-state index in [2.05, 4.69) is 6.92 Å². The molecule has 0 saturated carbocycles. The monoisotopic (exact) mass is 193 g/mol. The number of hydrogen-bond acceptors (Lipinski definition) is 4. The number of methoxy groups -OCH3 is 2. The van der Waals surface area contributed by atoms with Crippen molar-refractivity contribution in [1.29, 1.82) is 0 Å². The molecule has 0 amide bonds. The lowest BCUT2D eigenvalue weighted by Crippen LogP contribution is -2.18. The summed E-state index contributed by atoms with van der Waals surface area (Å²) in [6.07, 6.45) is 0.959. The van der Waals surface area contributed by atoms with E-state index in [-0.39, 0.29) is 6.29 Å². The van der Waals surface area contributed by atoms with E-state index in [1.54, 1.807) is 14.2 Å². The normalized spacial score (nSPS) is 13.8. The Balaban J connectivity index is 3.37. The van der Waals surface area contributed by atoms with E-state index in [1.165, 1.54) is 0 Å². The molecule has 0 rings (SSSR count). The lowest BCUT2D eigenvalue weighted by molar-refractivity contribution is -0.0842. The molecule has 0 aromatic rings. The minimum Gasteiger partial charge on any atom is -0.355 e. The molecular weight excluding hydrogens is 174 g/mol. The highest BCUT2D eigenvalue weighted by atomic mass is 32.2. The number of rotatable bonds is 7. The third kappa shape index (κ3) is 5.83. The summed E-state index contributed by atoms with van der Waals surface area (Å²) < 4.78 is 10.1. The molecule has 0 bridgehead atoms. The highest BCUT2D eigenvalue weighted by molar-refractivity contribution is 7.99. The first-order valence-corrected chi connectivity index (χ1v) is 5.16. The van der Waals surface area contributed by atoms with Crippen LogP contribution in [0.1, 0.15) is 13.3 Å². The molecule has 1 unspecified atom stereocenters. The van der Waals surface area contributed by atoms with Crippen molar-refractivity contribution in [1.82, 2.24) is 0 Å². The maximum atomic E-state index is 5.42. The Bertz CT molecular complexity index is 99.1.